The Bertz CT molecular complexity index is 2390. The Morgan fingerprint density at radius 1 is 1.08 bits per heavy atom. The van der Waals surface area contributed by atoms with Gasteiger partial charge in [-0.1, -0.05) is 18.1 Å². The minimum atomic E-state index is -3.57. The average Bonchev–Trinajstić information content (AvgIpc) is 3.63. The largest absolute Gasteiger partial charge is 0.378 e. The number of allylic oxidation sites excluding steroid dienone is 2. The summed E-state index contributed by atoms with van der Waals surface area (Å²) in [7, 11) is 0. The highest BCUT2D eigenvalue weighted by molar-refractivity contribution is 5.78. The number of pyridine rings is 2. The third-order valence-electron chi connectivity index (χ3n) is 9.06. The van der Waals surface area contributed by atoms with Crippen LogP contribution in [0.3, 0.4) is 0 Å². The van der Waals surface area contributed by atoms with Crippen LogP contribution < -0.4 is 11.0 Å². The van der Waals surface area contributed by atoms with Crippen molar-refractivity contribution in [1.82, 2.24) is 34.7 Å². The molecule has 16 heteroatoms. The number of alkyl halides is 4. The number of hydrogen-bond donors (Lipinski definition) is 3. The molecule has 3 N–H and O–H groups in total. The zero-order valence-electron chi connectivity index (χ0n) is 27.7. The maximum Gasteiger partial charge on any atom is 0.347 e. The van der Waals surface area contributed by atoms with Gasteiger partial charge in [0.1, 0.15) is 40.9 Å². The summed E-state index contributed by atoms with van der Waals surface area (Å²) in [5, 5.41) is 23.0. The molecule has 0 fully saturated rings. The van der Waals surface area contributed by atoms with Crippen molar-refractivity contribution >= 4 is 11.6 Å². The molecule has 5 aromatic rings. The van der Waals surface area contributed by atoms with Crippen LogP contribution in [0.25, 0.3) is 16.8 Å². The fourth-order valence-corrected chi connectivity index (χ4v) is 6.80. The Morgan fingerprint density at radius 2 is 1.79 bits per heavy atom. The molecule has 0 spiro atoms. The predicted molar refractivity (Wildman–Crippen MR) is 174 cm³/mol. The molecule has 10 nitrogen and oxygen atoms in total. The van der Waals surface area contributed by atoms with E-state index in [1.165, 1.54) is 36.5 Å². The molecule has 1 aromatic carbocycles. The van der Waals surface area contributed by atoms with Crippen LogP contribution >= 0.6 is 0 Å². The van der Waals surface area contributed by atoms with Gasteiger partial charge in [0.15, 0.2) is 5.65 Å². The first-order chi connectivity index (χ1) is 24.5. The summed E-state index contributed by atoms with van der Waals surface area (Å²) in [5.74, 6) is -3.24. The lowest BCUT2D eigenvalue weighted by atomic mass is 9.81. The molecule has 0 radical (unpaired) electrons. The summed E-state index contributed by atoms with van der Waals surface area (Å²) in [6.07, 6.45) is -0.843. The van der Waals surface area contributed by atoms with Crippen LogP contribution in [0, 0.1) is 36.3 Å². The van der Waals surface area contributed by atoms with E-state index in [1.807, 2.05) is 0 Å². The number of nitrogens with one attached hydrogen (secondary N) is 2. The number of nitrogens with zero attached hydrogens (tertiary/aromatic N) is 5. The van der Waals surface area contributed by atoms with Crippen LogP contribution in [0.4, 0.5) is 26.3 Å². The molecular formula is C36H29F6N7O3. The van der Waals surface area contributed by atoms with Crippen molar-refractivity contribution in [2.75, 3.05) is 0 Å². The van der Waals surface area contributed by atoms with Gasteiger partial charge in [0.2, 0.25) is 5.91 Å². The van der Waals surface area contributed by atoms with Crippen LogP contribution in [-0.4, -0.2) is 46.0 Å². The summed E-state index contributed by atoms with van der Waals surface area (Å²) in [6, 6.07) is 7.83. The maximum absolute atomic E-state index is 15.5. The van der Waals surface area contributed by atoms with Crippen LogP contribution in [-0.2, 0) is 23.7 Å². The third-order valence-corrected chi connectivity index (χ3v) is 9.06. The molecule has 2 aliphatic rings. The highest BCUT2D eigenvalue weighted by Gasteiger charge is 2.60. The molecular weight excluding hydrogens is 692 g/mol. The van der Waals surface area contributed by atoms with Crippen molar-refractivity contribution < 1.29 is 36.2 Å². The number of H-pyrrole nitrogens is 1. The van der Waals surface area contributed by atoms with Crippen LogP contribution in [0.5, 0.6) is 0 Å². The normalized spacial score (nSPS) is 17.8. The van der Waals surface area contributed by atoms with E-state index in [0.29, 0.717) is 33.2 Å². The van der Waals surface area contributed by atoms with E-state index >= 15 is 8.78 Å². The summed E-state index contributed by atoms with van der Waals surface area (Å²) in [6.45, 7) is 3.64. The molecule has 268 valence electrons. The van der Waals surface area contributed by atoms with E-state index in [-0.39, 0.29) is 28.9 Å². The lowest BCUT2D eigenvalue weighted by molar-refractivity contribution is -0.123. The van der Waals surface area contributed by atoms with Crippen LogP contribution in [0.15, 0.2) is 59.4 Å². The first-order valence-electron chi connectivity index (χ1n) is 16.0. The lowest BCUT2D eigenvalue weighted by Crippen LogP contribution is -2.35. The van der Waals surface area contributed by atoms with Gasteiger partial charge in [-0.15, -0.1) is 0 Å². The number of benzene rings is 1. The third kappa shape index (κ3) is 6.14. The number of aryl methyl sites for hydroxylation is 1. The fourth-order valence-electron chi connectivity index (χ4n) is 6.80. The molecule has 0 saturated carbocycles. The zero-order valence-corrected chi connectivity index (χ0v) is 27.7. The van der Waals surface area contributed by atoms with Crippen molar-refractivity contribution in [2.45, 2.75) is 63.6 Å². The van der Waals surface area contributed by atoms with Gasteiger partial charge in [0, 0.05) is 34.4 Å². The monoisotopic (exact) mass is 721 g/mol. The van der Waals surface area contributed by atoms with Crippen LogP contribution in [0.2, 0.25) is 0 Å². The van der Waals surface area contributed by atoms with E-state index in [9.17, 15) is 32.3 Å². The molecule has 0 bridgehead atoms. The van der Waals surface area contributed by atoms with Crippen molar-refractivity contribution in [3.05, 3.63) is 116 Å². The van der Waals surface area contributed by atoms with Gasteiger partial charge in [-0.25, -0.2) is 36.8 Å². The lowest BCUT2D eigenvalue weighted by Gasteiger charge is -2.27. The Hall–Kier alpha value is -5.69. The predicted octanol–water partition coefficient (Wildman–Crippen LogP) is 5.40. The number of halogens is 6. The van der Waals surface area contributed by atoms with Crippen molar-refractivity contribution in [3.8, 4) is 23.0 Å². The van der Waals surface area contributed by atoms with Gasteiger partial charge < -0.3 is 10.4 Å². The first-order valence-corrected chi connectivity index (χ1v) is 16.0. The standard InChI is InChI=1S/C36H29F6N7O3/c1-17-22(7-9-27-45-46-34(51)49(17)27)23-5-4-21(10-11-35(2,3)52)43-30(23)26(14-18-12-19(37)15-20(38)13-18)44-28(50)16-48-32-29(31(47-48)33(39)40)24-6-8-25(24)36(32,41)42/h4-9,12-13,15,24-26,33,52H,14,16H2,1-3H3,(H,44,50)(H,46,51)/t24-,25+,26-/m0/s1. The minimum Gasteiger partial charge on any atom is -0.378 e. The topological polar surface area (TPSA) is 130 Å². The Labute approximate surface area is 291 Å². The molecule has 0 aliphatic heterocycles. The molecule has 4 aromatic heterocycles. The second-order valence-corrected chi connectivity index (χ2v) is 13.3. The molecule has 52 heavy (non-hydrogen) atoms. The summed E-state index contributed by atoms with van der Waals surface area (Å²) in [5.41, 5.74) is -2.08. The molecule has 2 aliphatic carbocycles. The van der Waals surface area contributed by atoms with Crippen molar-refractivity contribution in [2.24, 2.45) is 5.92 Å². The SMILES string of the molecule is Cc1c(-c2ccc(C#CC(C)(C)O)nc2[C@H](Cc2cc(F)cc(F)c2)NC(=O)Cn2nc(C(F)F)c3c2C(F)(F)[C@@H]2C=C[C@H]32)ccc2n[nH]c(=O)n12. The number of amides is 1. The van der Waals surface area contributed by atoms with E-state index in [0.717, 1.165) is 12.1 Å². The van der Waals surface area contributed by atoms with Gasteiger partial charge in [-0.2, -0.15) is 19.0 Å². The fraction of sp³-hybridized carbons (Fsp3) is 0.306. The Morgan fingerprint density at radius 3 is 2.44 bits per heavy atom. The Kier molecular flexibility index (Phi) is 8.36. The second kappa shape index (κ2) is 12.5. The number of aliphatic hydroxyl groups is 1. The number of aromatic amines is 1. The molecule has 3 atom stereocenters. The highest BCUT2D eigenvalue weighted by atomic mass is 19.3. The average molecular weight is 722 g/mol. The number of fused-ring (bicyclic) bond motifs is 4. The van der Waals surface area contributed by atoms with Crippen molar-refractivity contribution in [3.63, 3.8) is 0 Å². The van der Waals surface area contributed by atoms with E-state index in [4.69, 9.17) is 0 Å². The summed E-state index contributed by atoms with van der Waals surface area (Å²) < 4.78 is 89.7. The van der Waals surface area contributed by atoms with Gasteiger partial charge in [0.25, 0.3) is 12.3 Å². The number of rotatable bonds is 8. The summed E-state index contributed by atoms with van der Waals surface area (Å²) >= 11 is 0. The second-order valence-electron chi connectivity index (χ2n) is 13.3. The first kappa shape index (κ1) is 34.7. The van der Waals surface area contributed by atoms with Crippen LogP contribution in [0.1, 0.15) is 71.8 Å². The number of carbonyl (C=O) groups excluding carboxylic acids is 1. The molecule has 0 unspecified atom stereocenters. The van der Waals surface area contributed by atoms with E-state index in [2.05, 4.69) is 37.4 Å². The zero-order chi connectivity index (χ0) is 37.3. The van der Waals surface area contributed by atoms with Gasteiger partial charge in [-0.3, -0.25) is 9.48 Å². The van der Waals surface area contributed by atoms with Gasteiger partial charge in [-0.05, 0) is 75.1 Å². The quantitative estimate of drug-likeness (QED) is 0.112. The number of aromatic nitrogens is 6. The van der Waals surface area contributed by atoms with Crippen molar-refractivity contribution in [1.29, 1.82) is 0 Å². The van der Waals surface area contributed by atoms with Gasteiger partial charge >= 0.3 is 5.69 Å². The molecule has 1 amide bonds. The maximum atomic E-state index is 15.5. The van der Waals surface area contributed by atoms with Gasteiger partial charge in [0.05, 0.1) is 17.7 Å². The van der Waals surface area contributed by atoms with E-state index in [1.54, 1.807) is 25.1 Å². The highest BCUT2D eigenvalue weighted by Crippen LogP contribution is 2.59. The molecule has 7 rings (SSSR count). The smallest absolute Gasteiger partial charge is 0.347 e. The van der Waals surface area contributed by atoms with E-state index < -0.39 is 77.0 Å². The summed E-state index contributed by atoms with van der Waals surface area (Å²) in [4.78, 5) is 31.1. The number of hydrogen-bond acceptors (Lipinski definition) is 6. The molecule has 4 heterocycles. The molecule has 0 saturated heterocycles. The number of carbonyl (C=O) groups is 1. The Balaban J connectivity index is 1.35. The minimum absolute atomic E-state index is 0.0795.